The van der Waals surface area contributed by atoms with Gasteiger partial charge in [0.2, 0.25) is 0 Å². The minimum atomic E-state index is -0.287. The van der Waals surface area contributed by atoms with Crippen molar-refractivity contribution in [2.24, 2.45) is 0 Å². The second-order valence-electron chi connectivity index (χ2n) is 5.96. The van der Waals surface area contributed by atoms with Gasteiger partial charge in [0.25, 0.3) is 11.8 Å². The van der Waals surface area contributed by atoms with Crippen LogP contribution in [0.5, 0.6) is 5.75 Å². The lowest BCUT2D eigenvalue weighted by atomic mass is 10.0. The SMILES string of the molecule is CCCN1C(=O)C(Nc2ccccc2)=C(c2ccc(OCC)cc2)C1=O. The van der Waals surface area contributed by atoms with E-state index >= 15 is 0 Å². The Morgan fingerprint density at radius 1 is 0.923 bits per heavy atom. The molecule has 0 saturated heterocycles. The van der Waals surface area contributed by atoms with E-state index in [1.807, 2.05) is 68.4 Å². The number of carbonyl (C=O) groups excluding carboxylic acids is 2. The Balaban J connectivity index is 2.01. The number of amides is 2. The van der Waals surface area contributed by atoms with E-state index in [0.29, 0.717) is 36.4 Å². The monoisotopic (exact) mass is 350 g/mol. The average Bonchev–Trinajstić information content (AvgIpc) is 2.88. The summed E-state index contributed by atoms with van der Waals surface area (Å²) in [5.41, 5.74) is 2.18. The summed E-state index contributed by atoms with van der Waals surface area (Å²) >= 11 is 0. The van der Waals surface area contributed by atoms with Crippen LogP contribution in [0.2, 0.25) is 0 Å². The van der Waals surface area contributed by atoms with Crippen molar-refractivity contribution in [2.45, 2.75) is 20.3 Å². The maximum atomic E-state index is 12.9. The third-order valence-corrected chi connectivity index (χ3v) is 4.11. The summed E-state index contributed by atoms with van der Waals surface area (Å²) in [6, 6.07) is 16.6. The molecule has 134 valence electrons. The Kier molecular flexibility index (Phi) is 5.37. The summed E-state index contributed by atoms with van der Waals surface area (Å²) in [6.45, 7) is 4.84. The van der Waals surface area contributed by atoms with Gasteiger partial charge < -0.3 is 10.1 Å². The first-order valence-electron chi connectivity index (χ1n) is 8.81. The molecule has 0 bridgehead atoms. The molecule has 0 aromatic heterocycles. The summed E-state index contributed by atoms with van der Waals surface area (Å²) in [4.78, 5) is 27.0. The normalized spacial score (nSPS) is 14.2. The molecule has 1 aliphatic heterocycles. The van der Waals surface area contributed by atoms with Gasteiger partial charge in [0.1, 0.15) is 11.4 Å². The zero-order chi connectivity index (χ0) is 18.5. The number of carbonyl (C=O) groups is 2. The van der Waals surface area contributed by atoms with Gasteiger partial charge in [-0.15, -0.1) is 0 Å². The number of hydrogen-bond acceptors (Lipinski definition) is 4. The molecule has 0 spiro atoms. The van der Waals surface area contributed by atoms with Crippen molar-refractivity contribution in [1.82, 2.24) is 4.90 Å². The second kappa shape index (κ2) is 7.87. The van der Waals surface area contributed by atoms with Crippen molar-refractivity contribution in [3.63, 3.8) is 0 Å². The predicted molar refractivity (Wildman–Crippen MR) is 102 cm³/mol. The smallest absolute Gasteiger partial charge is 0.278 e. The van der Waals surface area contributed by atoms with E-state index in [9.17, 15) is 9.59 Å². The summed E-state index contributed by atoms with van der Waals surface area (Å²) in [7, 11) is 0. The first-order chi connectivity index (χ1) is 12.7. The lowest BCUT2D eigenvalue weighted by Crippen LogP contribution is -2.33. The lowest BCUT2D eigenvalue weighted by Gasteiger charge is -2.13. The highest BCUT2D eigenvalue weighted by atomic mass is 16.5. The van der Waals surface area contributed by atoms with Gasteiger partial charge >= 0.3 is 0 Å². The van der Waals surface area contributed by atoms with E-state index in [1.54, 1.807) is 0 Å². The van der Waals surface area contributed by atoms with Crippen LogP contribution in [-0.2, 0) is 9.59 Å². The Morgan fingerprint density at radius 2 is 1.62 bits per heavy atom. The molecule has 0 saturated carbocycles. The number of imide groups is 1. The molecule has 2 aromatic rings. The number of para-hydroxylation sites is 1. The van der Waals surface area contributed by atoms with Gasteiger partial charge in [-0.25, -0.2) is 0 Å². The molecule has 3 rings (SSSR count). The lowest BCUT2D eigenvalue weighted by molar-refractivity contribution is -0.136. The van der Waals surface area contributed by atoms with Crippen molar-refractivity contribution >= 4 is 23.1 Å². The molecule has 0 radical (unpaired) electrons. The Labute approximate surface area is 153 Å². The molecular weight excluding hydrogens is 328 g/mol. The Hall–Kier alpha value is -3.08. The molecule has 1 N–H and O–H groups in total. The zero-order valence-corrected chi connectivity index (χ0v) is 15.0. The molecule has 0 fully saturated rings. The quantitative estimate of drug-likeness (QED) is 0.774. The zero-order valence-electron chi connectivity index (χ0n) is 15.0. The van der Waals surface area contributed by atoms with E-state index in [0.717, 1.165) is 11.4 Å². The molecule has 0 unspecified atom stereocenters. The van der Waals surface area contributed by atoms with Gasteiger partial charge in [0, 0.05) is 12.2 Å². The Morgan fingerprint density at radius 3 is 2.23 bits per heavy atom. The summed E-state index contributed by atoms with van der Waals surface area (Å²) < 4.78 is 5.46. The van der Waals surface area contributed by atoms with Gasteiger partial charge in [-0.3, -0.25) is 14.5 Å². The third-order valence-electron chi connectivity index (χ3n) is 4.11. The van der Waals surface area contributed by atoms with Crippen LogP contribution in [0.4, 0.5) is 5.69 Å². The average molecular weight is 350 g/mol. The van der Waals surface area contributed by atoms with Gasteiger partial charge in [-0.2, -0.15) is 0 Å². The van der Waals surface area contributed by atoms with Crippen molar-refractivity contribution in [3.8, 4) is 5.75 Å². The van der Waals surface area contributed by atoms with Crippen LogP contribution in [0.15, 0.2) is 60.3 Å². The number of nitrogens with zero attached hydrogens (tertiary/aromatic N) is 1. The van der Waals surface area contributed by atoms with Crippen LogP contribution in [-0.4, -0.2) is 29.9 Å². The highest BCUT2D eigenvalue weighted by Crippen LogP contribution is 2.31. The minimum Gasteiger partial charge on any atom is -0.494 e. The fraction of sp³-hybridized carbons (Fsp3) is 0.238. The topological polar surface area (TPSA) is 58.6 Å². The van der Waals surface area contributed by atoms with Gasteiger partial charge in [0.05, 0.1) is 12.2 Å². The number of nitrogens with one attached hydrogen (secondary N) is 1. The third kappa shape index (κ3) is 3.47. The molecule has 0 aliphatic carbocycles. The first kappa shape index (κ1) is 17.7. The fourth-order valence-corrected chi connectivity index (χ4v) is 2.94. The predicted octanol–water partition coefficient (Wildman–Crippen LogP) is 3.69. The molecule has 2 amide bonds. The van der Waals surface area contributed by atoms with Crippen molar-refractivity contribution in [1.29, 1.82) is 0 Å². The maximum absolute atomic E-state index is 12.9. The van der Waals surface area contributed by atoms with Crippen LogP contribution < -0.4 is 10.1 Å². The highest BCUT2D eigenvalue weighted by Gasteiger charge is 2.38. The standard InChI is InChI=1S/C21H22N2O3/c1-3-14-23-20(24)18(15-10-12-17(13-11-15)26-4-2)19(21(23)25)22-16-8-6-5-7-9-16/h5-13,22H,3-4,14H2,1-2H3. The van der Waals surface area contributed by atoms with Gasteiger partial charge in [-0.05, 0) is 43.2 Å². The van der Waals surface area contributed by atoms with E-state index in [1.165, 1.54) is 4.90 Å². The number of rotatable bonds is 7. The number of ether oxygens (including phenoxy) is 1. The number of anilines is 1. The molecule has 1 heterocycles. The van der Waals surface area contributed by atoms with Crippen LogP contribution >= 0.6 is 0 Å². The molecule has 5 heteroatoms. The molecule has 2 aromatic carbocycles. The molecule has 5 nitrogen and oxygen atoms in total. The summed E-state index contributed by atoms with van der Waals surface area (Å²) in [5.74, 6) is 0.181. The van der Waals surface area contributed by atoms with Crippen molar-refractivity contribution in [3.05, 3.63) is 65.9 Å². The van der Waals surface area contributed by atoms with E-state index in [4.69, 9.17) is 4.74 Å². The second-order valence-corrected chi connectivity index (χ2v) is 5.96. The van der Waals surface area contributed by atoms with Gasteiger partial charge in [0.15, 0.2) is 0 Å². The van der Waals surface area contributed by atoms with E-state index in [2.05, 4.69) is 5.32 Å². The molecule has 0 atom stereocenters. The van der Waals surface area contributed by atoms with Crippen molar-refractivity contribution in [2.75, 3.05) is 18.5 Å². The van der Waals surface area contributed by atoms with Gasteiger partial charge in [-0.1, -0.05) is 37.3 Å². The maximum Gasteiger partial charge on any atom is 0.278 e. The van der Waals surface area contributed by atoms with Crippen LogP contribution in [0.1, 0.15) is 25.8 Å². The Bertz CT molecular complexity index is 826. The summed E-state index contributed by atoms with van der Waals surface area (Å²) in [5, 5.41) is 3.13. The summed E-state index contributed by atoms with van der Waals surface area (Å²) in [6.07, 6.45) is 0.715. The molecule has 1 aliphatic rings. The fourth-order valence-electron chi connectivity index (χ4n) is 2.94. The molecular formula is C21H22N2O3. The van der Waals surface area contributed by atoms with E-state index < -0.39 is 0 Å². The molecule has 26 heavy (non-hydrogen) atoms. The van der Waals surface area contributed by atoms with Crippen molar-refractivity contribution < 1.29 is 14.3 Å². The first-order valence-corrected chi connectivity index (χ1v) is 8.81. The number of benzene rings is 2. The largest absolute Gasteiger partial charge is 0.494 e. The van der Waals surface area contributed by atoms with Crippen LogP contribution in [0.25, 0.3) is 5.57 Å². The van der Waals surface area contributed by atoms with Crippen LogP contribution in [0.3, 0.4) is 0 Å². The number of hydrogen-bond donors (Lipinski definition) is 1. The minimum absolute atomic E-state index is 0.264. The van der Waals surface area contributed by atoms with Crippen LogP contribution in [0, 0.1) is 0 Å². The van der Waals surface area contributed by atoms with E-state index in [-0.39, 0.29) is 11.8 Å². The highest BCUT2D eigenvalue weighted by molar-refractivity contribution is 6.36.